The van der Waals surface area contributed by atoms with E-state index in [9.17, 15) is 4.79 Å². The third-order valence-corrected chi connectivity index (χ3v) is 5.22. The molecule has 1 aliphatic carbocycles. The largest absolute Gasteiger partial charge is 0.357 e. The zero-order valence-electron chi connectivity index (χ0n) is 16.3. The van der Waals surface area contributed by atoms with Gasteiger partial charge in [0, 0.05) is 25.8 Å². The molecule has 1 N–H and O–H groups in total. The van der Waals surface area contributed by atoms with Gasteiger partial charge in [0.05, 0.1) is 6.54 Å². The first-order valence-electron chi connectivity index (χ1n) is 9.89. The van der Waals surface area contributed by atoms with Gasteiger partial charge in [0.2, 0.25) is 6.41 Å². The van der Waals surface area contributed by atoms with Crippen molar-refractivity contribution < 1.29 is 4.79 Å². The van der Waals surface area contributed by atoms with Crippen molar-refractivity contribution in [2.24, 2.45) is 9.98 Å². The van der Waals surface area contributed by atoms with Crippen LogP contribution in [0.15, 0.2) is 47.0 Å². The highest BCUT2D eigenvalue weighted by atomic mass is 16.1. The molecule has 1 aliphatic rings. The van der Waals surface area contributed by atoms with Crippen LogP contribution in [0.1, 0.15) is 49.1 Å². The maximum absolute atomic E-state index is 10.5. The van der Waals surface area contributed by atoms with Crippen LogP contribution in [-0.4, -0.2) is 50.0 Å². The Bertz CT molecular complexity index is 618. The minimum Gasteiger partial charge on any atom is -0.357 e. The van der Waals surface area contributed by atoms with E-state index in [-0.39, 0.29) is 0 Å². The summed E-state index contributed by atoms with van der Waals surface area (Å²) in [5.41, 5.74) is 2.82. The van der Waals surface area contributed by atoms with Crippen molar-refractivity contribution in [3.05, 3.63) is 48.2 Å². The number of hydrogen-bond donors (Lipinski definition) is 1. The number of nitrogens with zero attached hydrogens (tertiary/aromatic N) is 3. The van der Waals surface area contributed by atoms with Gasteiger partial charge in [-0.2, -0.15) is 0 Å². The summed E-state index contributed by atoms with van der Waals surface area (Å²) < 4.78 is 0. The van der Waals surface area contributed by atoms with E-state index in [1.54, 1.807) is 0 Å². The highest BCUT2D eigenvalue weighted by molar-refractivity contribution is 5.88. The first-order chi connectivity index (χ1) is 13.3. The van der Waals surface area contributed by atoms with Crippen LogP contribution in [0.4, 0.5) is 0 Å². The summed E-state index contributed by atoms with van der Waals surface area (Å²) in [4.78, 5) is 20.8. The Hall–Kier alpha value is -2.27. The molecule has 1 amide bonds. The average Bonchev–Trinajstić information content (AvgIpc) is 2.72. The molecule has 0 aliphatic heterocycles. The predicted molar refractivity (Wildman–Crippen MR) is 114 cm³/mol. The Kier molecular flexibility index (Phi) is 9.49. The normalized spacial score (nSPS) is 15.5. The zero-order chi connectivity index (χ0) is 19.3. The van der Waals surface area contributed by atoms with Gasteiger partial charge in [-0.1, -0.05) is 50.1 Å². The molecule has 0 atom stereocenters. The summed E-state index contributed by atoms with van der Waals surface area (Å²) in [6, 6.07) is 9.13. The van der Waals surface area contributed by atoms with Gasteiger partial charge in [-0.05, 0) is 43.0 Å². The van der Waals surface area contributed by atoms with Gasteiger partial charge < -0.3 is 5.32 Å². The third-order valence-electron chi connectivity index (χ3n) is 5.22. The minimum absolute atomic E-state index is 0.593. The summed E-state index contributed by atoms with van der Waals surface area (Å²) in [5, 5.41) is 2.72. The number of rotatable bonds is 11. The standard InChI is InChI=1S/C22H32N4O/c1-3-25-22(23-2)17-26(16-14-24-18-27)15-13-19-9-11-21(12-10-19)20-7-5-4-6-8-20/h3,9-12,18,20H,1-2,4-8,13-17H2,(H,24,27). The molecule has 0 aromatic heterocycles. The summed E-state index contributed by atoms with van der Waals surface area (Å²) in [5.74, 6) is 1.39. The maximum atomic E-state index is 10.5. The first-order valence-corrected chi connectivity index (χ1v) is 9.89. The van der Waals surface area contributed by atoms with Crippen molar-refractivity contribution in [3.63, 3.8) is 0 Å². The second-order valence-electron chi connectivity index (χ2n) is 7.06. The van der Waals surface area contributed by atoms with E-state index in [4.69, 9.17) is 0 Å². The molecule has 1 saturated carbocycles. The molecule has 0 radical (unpaired) electrons. The van der Waals surface area contributed by atoms with Crippen LogP contribution in [0, 0.1) is 0 Å². The van der Waals surface area contributed by atoms with Crippen LogP contribution in [-0.2, 0) is 11.2 Å². The molecule has 1 aromatic carbocycles. The van der Waals surface area contributed by atoms with Gasteiger partial charge in [-0.3, -0.25) is 9.69 Å². The molecular formula is C22H32N4O. The molecule has 0 saturated heterocycles. The van der Waals surface area contributed by atoms with Crippen LogP contribution in [0.5, 0.6) is 0 Å². The molecule has 0 bridgehead atoms. The molecule has 1 aromatic rings. The molecule has 1 fully saturated rings. The quantitative estimate of drug-likeness (QED) is 0.281. The zero-order valence-corrected chi connectivity index (χ0v) is 16.3. The summed E-state index contributed by atoms with van der Waals surface area (Å²) in [7, 11) is 0. The molecule has 0 unspecified atom stereocenters. The number of aliphatic imine (C=N–C) groups is 2. The van der Waals surface area contributed by atoms with E-state index in [0.717, 1.165) is 31.8 Å². The first kappa shape index (κ1) is 21.0. The Morgan fingerprint density at radius 3 is 2.56 bits per heavy atom. The van der Waals surface area contributed by atoms with Crippen molar-refractivity contribution in [2.45, 2.75) is 44.4 Å². The van der Waals surface area contributed by atoms with Gasteiger partial charge in [-0.15, -0.1) is 0 Å². The Morgan fingerprint density at radius 1 is 1.19 bits per heavy atom. The van der Waals surface area contributed by atoms with E-state index < -0.39 is 0 Å². The highest BCUT2D eigenvalue weighted by Gasteiger charge is 2.15. The van der Waals surface area contributed by atoms with Gasteiger partial charge >= 0.3 is 0 Å². The second-order valence-corrected chi connectivity index (χ2v) is 7.06. The number of hydrogen-bond acceptors (Lipinski definition) is 3. The number of benzene rings is 1. The smallest absolute Gasteiger partial charge is 0.207 e. The molecule has 0 spiro atoms. The van der Waals surface area contributed by atoms with E-state index in [0.29, 0.717) is 18.9 Å². The van der Waals surface area contributed by atoms with E-state index in [1.807, 2.05) is 0 Å². The number of amides is 1. The fourth-order valence-corrected chi connectivity index (χ4v) is 3.67. The molecule has 0 heterocycles. The SMILES string of the molecule is C=CN=C(CN(CCNC=O)CCc1ccc(C2CCCCC2)cc1)N=C. The van der Waals surface area contributed by atoms with Crippen molar-refractivity contribution >= 4 is 19.0 Å². The summed E-state index contributed by atoms with van der Waals surface area (Å²) >= 11 is 0. The van der Waals surface area contributed by atoms with Crippen LogP contribution >= 0.6 is 0 Å². The molecule has 27 heavy (non-hydrogen) atoms. The van der Waals surface area contributed by atoms with Crippen molar-refractivity contribution in [1.29, 1.82) is 0 Å². The fourth-order valence-electron chi connectivity index (χ4n) is 3.67. The average molecular weight is 369 g/mol. The van der Waals surface area contributed by atoms with Crippen molar-refractivity contribution in [2.75, 3.05) is 26.2 Å². The lowest BCUT2D eigenvalue weighted by Crippen LogP contribution is -2.36. The number of carbonyl (C=O) groups is 1. The third kappa shape index (κ3) is 7.47. The van der Waals surface area contributed by atoms with Gasteiger partial charge in [0.15, 0.2) is 0 Å². The number of amidine groups is 1. The van der Waals surface area contributed by atoms with Crippen molar-refractivity contribution in [1.82, 2.24) is 10.2 Å². The minimum atomic E-state index is 0.593. The number of nitrogens with one attached hydrogen (secondary N) is 1. The highest BCUT2D eigenvalue weighted by Crippen LogP contribution is 2.32. The van der Waals surface area contributed by atoms with E-state index in [2.05, 4.69) is 57.8 Å². The Balaban J connectivity index is 1.91. The topological polar surface area (TPSA) is 57.1 Å². The van der Waals surface area contributed by atoms with Gasteiger partial charge in [0.1, 0.15) is 5.84 Å². The monoisotopic (exact) mass is 368 g/mol. The fraction of sp³-hybridized carbons (Fsp3) is 0.500. The lowest BCUT2D eigenvalue weighted by atomic mass is 9.84. The van der Waals surface area contributed by atoms with E-state index in [1.165, 1.54) is 49.4 Å². The molecular weight excluding hydrogens is 336 g/mol. The Labute approximate surface area is 163 Å². The van der Waals surface area contributed by atoms with Crippen LogP contribution in [0.25, 0.3) is 0 Å². The van der Waals surface area contributed by atoms with Gasteiger partial charge in [-0.25, -0.2) is 9.98 Å². The van der Waals surface area contributed by atoms with Crippen molar-refractivity contribution in [3.8, 4) is 0 Å². The van der Waals surface area contributed by atoms with Crippen LogP contribution in [0.3, 0.4) is 0 Å². The second kappa shape index (κ2) is 12.2. The molecule has 2 rings (SSSR count). The molecule has 146 valence electrons. The van der Waals surface area contributed by atoms with Crippen LogP contribution < -0.4 is 5.32 Å². The lowest BCUT2D eigenvalue weighted by Gasteiger charge is -2.23. The number of carbonyl (C=O) groups excluding carboxylic acids is 1. The maximum Gasteiger partial charge on any atom is 0.207 e. The molecule has 5 heteroatoms. The van der Waals surface area contributed by atoms with Crippen LogP contribution in [0.2, 0.25) is 0 Å². The summed E-state index contributed by atoms with van der Waals surface area (Å²) in [6.45, 7) is 10.00. The van der Waals surface area contributed by atoms with Gasteiger partial charge in [0.25, 0.3) is 0 Å². The summed E-state index contributed by atoms with van der Waals surface area (Å²) in [6.07, 6.45) is 9.94. The molecule has 5 nitrogen and oxygen atoms in total. The lowest BCUT2D eigenvalue weighted by molar-refractivity contribution is -0.109. The predicted octanol–water partition coefficient (Wildman–Crippen LogP) is 3.57. The van der Waals surface area contributed by atoms with E-state index >= 15 is 0 Å². The Morgan fingerprint density at radius 2 is 1.93 bits per heavy atom.